The minimum atomic E-state index is 0.138. The molecule has 0 aromatic heterocycles. The van der Waals surface area contributed by atoms with E-state index >= 15 is 0 Å². The lowest BCUT2D eigenvalue weighted by molar-refractivity contribution is -0.120. The maximum absolute atomic E-state index is 11.8. The van der Waals surface area contributed by atoms with E-state index < -0.39 is 0 Å². The lowest BCUT2D eigenvalue weighted by Crippen LogP contribution is -2.25. The summed E-state index contributed by atoms with van der Waals surface area (Å²) in [5.74, 6) is 3.79. The summed E-state index contributed by atoms with van der Waals surface area (Å²) in [4.78, 5) is 11.8. The molecule has 5 heteroatoms. The van der Waals surface area contributed by atoms with Gasteiger partial charge in [-0.15, -0.1) is 0 Å². The molecule has 128 valence electrons. The van der Waals surface area contributed by atoms with Crippen LogP contribution in [0, 0.1) is 0 Å². The number of benzene rings is 2. The molecule has 0 radical (unpaired) electrons. The van der Waals surface area contributed by atoms with E-state index in [0.29, 0.717) is 13.0 Å². The molecule has 0 atom stereocenters. The largest absolute Gasteiger partial charge is 0.355 e. The molecule has 0 aliphatic rings. The van der Waals surface area contributed by atoms with Gasteiger partial charge in [-0.2, -0.15) is 23.5 Å². The van der Waals surface area contributed by atoms with Crippen LogP contribution in [-0.2, 0) is 16.3 Å². The maximum Gasteiger partial charge on any atom is 0.220 e. The molecule has 0 heterocycles. The predicted octanol–water partition coefficient (Wildman–Crippen LogP) is 5.01. The van der Waals surface area contributed by atoms with E-state index in [1.165, 1.54) is 11.1 Å². The van der Waals surface area contributed by atoms with Crippen LogP contribution in [0.5, 0.6) is 0 Å². The lowest BCUT2D eigenvalue weighted by atomic mass is 10.2. The molecule has 2 aromatic rings. The predicted molar refractivity (Wildman–Crippen MR) is 108 cm³/mol. The molecule has 2 aromatic carbocycles. The Hall–Kier alpha value is -1.10. The third-order valence-electron chi connectivity index (χ3n) is 3.31. The van der Waals surface area contributed by atoms with Gasteiger partial charge in [-0.1, -0.05) is 54.1 Å². The van der Waals surface area contributed by atoms with Gasteiger partial charge in [0.25, 0.3) is 0 Å². The van der Waals surface area contributed by atoms with Crippen molar-refractivity contribution in [3.05, 3.63) is 70.7 Å². The summed E-state index contributed by atoms with van der Waals surface area (Å²) >= 11 is 9.56. The standard InChI is InChI=1S/C19H22ClNOS2/c20-18-8-4-7-17(13-18)15-24-12-10-21-19(22)9-11-23-14-16-5-2-1-3-6-16/h1-8,13H,9-12,14-15H2,(H,21,22). The van der Waals surface area contributed by atoms with E-state index in [4.69, 9.17) is 11.6 Å². The smallest absolute Gasteiger partial charge is 0.220 e. The minimum absolute atomic E-state index is 0.138. The summed E-state index contributed by atoms with van der Waals surface area (Å²) in [6, 6.07) is 18.2. The van der Waals surface area contributed by atoms with Crippen molar-refractivity contribution in [2.24, 2.45) is 0 Å². The van der Waals surface area contributed by atoms with Crippen LogP contribution in [0.15, 0.2) is 54.6 Å². The third-order valence-corrected chi connectivity index (χ3v) is 5.61. The molecule has 0 saturated carbocycles. The lowest BCUT2D eigenvalue weighted by Gasteiger charge is -2.06. The average molecular weight is 380 g/mol. The van der Waals surface area contributed by atoms with Gasteiger partial charge in [0.15, 0.2) is 0 Å². The number of carbonyl (C=O) groups excluding carboxylic acids is 1. The van der Waals surface area contributed by atoms with Gasteiger partial charge in [0, 0.05) is 41.0 Å². The van der Waals surface area contributed by atoms with E-state index in [1.807, 2.05) is 36.4 Å². The van der Waals surface area contributed by atoms with Gasteiger partial charge in [-0.3, -0.25) is 4.79 Å². The van der Waals surface area contributed by atoms with Crippen molar-refractivity contribution in [1.82, 2.24) is 5.32 Å². The number of nitrogens with one attached hydrogen (secondary N) is 1. The van der Waals surface area contributed by atoms with Gasteiger partial charge in [-0.25, -0.2) is 0 Å². The molecular formula is C19H22ClNOS2. The molecule has 24 heavy (non-hydrogen) atoms. The maximum atomic E-state index is 11.8. The molecule has 0 aliphatic heterocycles. The summed E-state index contributed by atoms with van der Waals surface area (Å²) in [5.41, 5.74) is 2.52. The highest BCUT2D eigenvalue weighted by molar-refractivity contribution is 7.98. The zero-order valence-electron chi connectivity index (χ0n) is 13.5. The molecule has 0 bridgehead atoms. The first-order valence-corrected chi connectivity index (χ1v) is 10.6. The molecular weight excluding hydrogens is 358 g/mol. The summed E-state index contributed by atoms with van der Waals surface area (Å²) in [6.07, 6.45) is 0.580. The van der Waals surface area contributed by atoms with E-state index in [1.54, 1.807) is 23.5 Å². The number of hydrogen-bond acceptors (Lipinski definition) is 3. The molecule has 0 unspecified atom stereocenters. The number of carbonyl (C=O) groups is 1. The molecule has 0 saturated heterocycles. The molecule has 0 fully saturated rings. The highest BCUT2D eigenvalue weighted by Gasteiger charge is 2.01. The number of hydrogen-bond donors (Lipinski definition) is 1. The minimum Gasteiger partial charge on any atom is -0.355 e. The van der Waals surface area contributed by atoms with Gasteiger partial charge in [0.1, 0.15) is 0 Å². The second-order valence-electron chi connectivity index (χ2n) is 5.32. The van der Waals surface area contributed by atoms with Gasteiger partial charge in [0.05, 0.1) is 0 Å². The van der Waals surface area contributed by atoms with E-state index in [0.717, 1.165) is 28.0 Å². The summed E-state index contributed by atoms with van der Waals surface area (Å²) < 4.78 is 0. The van der Waals surface area contributed by atoms with Crippen molar-refractivity contribution in [3.63, 3.8) is 0 Å². The summed E-state index contributed by atoms with van der Waals surface area (Å²) in [7, 11) is 0. The fourth-order valence-corrected chi connectivity index (χ4v) is 4.02. The quantitative estimate of drug-likeness (QED) is 0.588. The van der Waals surface area contributed by atoms with Gasteiger partial charge in [0.2, 0.25) is 5.91 Å². The van der Waals surface area contributed by atoms with Crippen molar-refractivity contribution >= 4 is 41.0 Å². The Kier molecular flexibility index (Phi) is 9.18. The first-order chi connectivity index (χ1) is 11.7. The SMILES string of the molecule is O=C(CCSCc1ccccc1)NCCSCc1cccc(Cl)c1. The van der Waals surface area contributed by atoms with Crippen LogP contribution in [-0.4, -0.2) is 24.0 Å². The fraction of sp³-hybridized carbons (Fsp3) is 0.316. The van der Waals surface area contributed by atoms with Crippen LogP contribution in [0.1, 0.15) is 17.5 Å². The van der Waals surface area contributed by atoms with E-state index in [2.05, 4.69) is 23.5 Å². The van der Waals surface area contributed by atoms with Crippen LogP contribution in [0.3, 0.4) is 0 Å². The Morgan fingerprint density at radius 1 is 0.917 bits per heavy atom. The second kappa shape index (κ2) is 11.5. The monoisotopic (exact) mass is 379 g/mol. The fourth-order valence-electron chi connectivity index (χ4n) is 2.10. The summed E-state index contributed by atoms with van der Waals surface area (Å²) in [5, 5.41) is 3.75. The number of thioether (sulfide) groups is 2. The highest BCUT2D eigenvalue weighted by Crippen LogP contribution is 2.16. The first kappa shape index (κ1) is 19.2. The third kappa shape index (κ3) is 8.13. The summed E-state index contributed by atoms with van der Waals surface area (Å²) in [6.45, 7) is 0.716. The Labute approximate surface area is 157 Å². The zero-order valence-corrected chi connectivity index (χ0v) is 15.9. The number of halogens is 1. The number of rotatable bonds is 10. The average Bonchev–Trinajstić information content (AvgIpc) is 2.59. The first-order valence-electron chi connectivity index (χ1n) is 7.94. The van der Waals surface area contributed by atoms with Crippen LogP contribution in [0.25, 0.3) is 0 Å². The highest BCUT2D eigenvalue weighted by atomic mass is 35.5. The van der Waals surface area contributed by atoms with E-state index in [9.17, 15) is 4.79 Å². The van der Waals surface area contributed by atoms with E-state index in [-0.39, 0.29) is 5.91 Å². The van der Waals surface area contributed by atoms with Gasteiger partial charge >= 0.3 is 0 Å². The molecule has 1 N–H and O–H groups in total. The van der Waals surface area contributed by atoms with Crippen molar-refractivity contribution in [2.45, 2.75) is 17.9 Å². The van der Waals surface area contributed by atoms with Crippen LogP contribution >= 0.6 is 35.1 Å². The second-order valence-corrected chi connectivity index (χ2v) is 7.97. The molecule has 0 spiro atoms. The zero-order chi connectivity index (χ0) is 17.0. The molecule has 1 amide bonds. The van der Waals surface area contributed by atoms with Crippen molar-refractivity contribution in [3.8, 4) is 0 Å². The topological polar surface area (TPSA) is 29.1 Å². The van der Waals surface area contributed by atoms with Crippen LogP contribution in [0.4, 0.5) is 0 Å². The molecule has 2 rings (SSSR count). The van der Waals surface area contributed by atoms with Crippen molar-refractivity contribution in [2.75, 3.05) is 18.1 Å². The van der Waals surface area contributed by atoms with Gasteiger partial charge in [-0.05, 0) is 23.3 Å². The van der Waals surface area contributed by atoms with Gasteiger partial charge < -0.3 is 5.32 Å². The molecule has 2 nitrogen and oxygen atoms in total. The molecule has 0 aliphatic carbocycles. The number of amides is 1. The van der Waals surface area contributed by atoms with Crippen molar-refractivity contribution in [1.29, 1.82) is 0 Å². The Morgan fingerprint density at radius 2 is 1.62 bits per heavy atom. The Bertz CT molecular complexity index is 622. The Balaban J connectivity index is 1.48. The van der Waals surface area contributed by atoms with Crippen molar-refractivity contribution < 1.29 is 4.79 Å². The Morgan fingerprint density at radius 3 is 2.42 bits per heavy atom. The van der Waals surface area contributed by atoms with Crippen LogP contribution < -0.4 is 5.32 Å². The normalized spacial score (nSPS) is 10.5. The van der Waals surface area contributed by atoms with Crippen LogP contribution in [0.2, 0.25) is 5.02 Å².